The van der Waals surface area contributed by atoms with Crippen LogP contribution in [0.25, 0.3) is 0 Å². The zero-order valence-corrected chi connectivity index (χ0v) is 16.5. The van der Waals surface area contributed by atoms with Crippen LogP contribution in [0.5, 0.6) is 11.5 Å². The molecule has 0 aliphatic heterocycles. The molecule has 0 bridgehead atoms. The van der Waals surface area contributed by atoms with Gasteiger partial charge in [-0.15, -0.1) is 11.3 Å². The molecule has 27 heavy (non-hydrogen) atoms. The Morgan fingerprint density at radius 1 is 1.19 bits per heavy atom. The Morgan fingerprint density at radius 2 is 1.85 bits per heavy atom. The van der Waals surface area contributed by atoms with Crippen molar-refractivity contribution in [3.63, 3.8) is 0 Å². The Balaban J connectivity index is 2.33. The molecule has 8 heteroatoms. The number of methoxy groups -OCH3 is 2. The second kappa shape index (κ2) is 8.56. The molecule has 1 heterocycles. The summed E-state index contributed by atoms with van der Waals surface area (Å²) < 4.78 is 15.5. The second-order valence-corrected chi connectivity index (χ2v) is 6.87. The third-order valence-corrected chi connectivity index (χ3v) is 4.85. The van der Waals surface area contributed by atoms with Crippen LogP contribution in [0.1, 0.15) is 45.0 Å². The number of thiophene rings is 1. The van der Waals surface area contributed by atoms with Crippen molar-refractivity contribution in [1.29, 1.82) is 5.26 Å². The minimum atomic E-state index is -0.518. The molecule has 0 saturated heterocycles. The average molecular weight is 388 g/mol. The largest absolute Gasteiger partial charge is 0.493 e. The normalized spacial score (nSPS) is 10.3. The summed E-state index contributed by atoms with van der Waals surface area (Å²) in [6, 6.07) is 6.77. The number of nitrogens with zero attached hydrogens (tertiary/aromatic N) is 1. The highest BCUT2D eigenvalue weighted by molar-refractivity contribution is 7.18. The first-order valence-electron chi connectivity index (χ1n) is 8.10. The van der Waals surface area contributed by atoms with Crippen LogP contribution >= 0.6 is 11.3 Å². The van der Waals surface area contributed by atoms with E-state index in [1.165, 1.54) is 20.3 Å². The van der Waals surface area contributed by atoms with Crippen LogP contribution < -0.4 is 14.8 Å². The highest BCUT2D eigenvalue weighted by Gasteiger charge is 2.23. The molecule has 0 aliphatic carbocycles. The summed E-state index contributed by atoms with van der Waals surface area (Å²) in [4.78, 5) is 25.1. The summed E-state index contributed by atoms with van der Waals surface area (Å²) in [5.41, 5.74) is 1.05. The van der Waals surface area contributed by atoms with Gasteiger partial charge >= 0.3 is 5.97 Å². The summed E-state index contributed by atoms with van der Waals surface area (Å²) in [6.07, 6.45) is -0.283. The Morgan fingerprint density at radius 3 is 2.41 bits per heavy atom. The first-order chi connectivity index (χ1) is 12.8. The lowest BCUT2D eigenvalue weighted by Gasteiger charge is -2.09. The van der Waals surface area contributed by atoms with Crippen LogP contribution in [0.15, 0.2) is 18.2 Å². The molecule has 0 spiro atoms. The highest BCUT2D eigenvalue weighted by atomic mass is 32.1. The number of amides is 1. The summed E-state index contributed by atoms with van der Waals surface area (Å²) >= 11 is 1.02. The summed E-state index contributed by atoms with van der Waals surface area (Å²) in [5.74, 6) is -0.0419. The summed E-state index contributed by atoms with van der Waals surface area (Å²) in [5, 5.41) is 12.4. The van der Waals surface area contributed by atoms with E-state index in [4.69, 9.17) is 14.2 Å². The number of rotatable bonds is 6. The smallest absolute Gasteiger partial charge is 0.348 e. The maximum absolute atomic E-state index is 12.6. The van der Waals surface area contributed by atoms with Gasteiger partial charge in [-0.25, -0.2) is 4.79 Å². The van der Waals surface area contributed by atoms with Gasteiger partial charge in [0.05, 0.1) is 25.9 Å². The van der Waals surface area contributed by atoms with Crippen molar-refractivity contribution in [2.45, 2.75) is 26.9 Å². The van der Waals surface area contributed by atoms with Gasteiger partial charge in [0.25, 0.3) is 5.91 Å². The van der Waals surface area contributed by atoms with Gasteiger partial charge in [-0.1, -0.05) is 0 Å². The first-order valence-corrected chi connectivity index (χ1v) is 8.91. The van der Waals surface area contributed by atoms with Crippen molar-refractivity contribution in [2.24, 2.45) is 0 Å². The lowest BCUT2D eigenvalue weighted by molar-refractivity contribution is 0.0383. The number of carbonyl (C=O) groups is 2. The molecule has 0 unspecified atom stereocenters. The molecule has 0 aliphatic rings. The number of hydrogen-bond donors (Lipinski definition) is 1. The quantitative estimate of drug-likeness (QED) is 0.757. The predicted octanol–water partition coefficient (Wildman–Crippen LogP) is 3.76. The first kappa shape index (κ1) is 20.3. The molecule has 1 aromatic heterocycles. The molecule has 0 atom stereocenters. The Hall–Kier alpha value is -3.05. The van der Waals surface area contributed by atoms with E-state index in [2.05, 4.69) is 5.32 Å². The Labute approximate surface area is 161 Å². The fraction of sp³-hybridized carbons (Fsp3) is 0.316. The number of benzene rings is 1. The summed E-state index contributed by atoms with van der Waals surface area (Å²) in [7, 11) is 2.98. The maximum atomic E-state index is 12.6. The maximum Gasteiger partial charge on any atom is 0.348 e. The van der Waals surface area contributed by atoms with Crippen LogP contribution in [-0.2, 0) is 4.74 Å². The van der Waals surface area contributed by atoms with Crippen molar-refractivity contribution < 1.29 is 23.8 Å². The van der Waals surface area contributed by atoms with E-state index in [0.717, 1.165) is 11.3 Å². The molecule has 1 N–H and O–H groups in total. The number of nitrogens with one attached hydrogen (secondary N) is 1. The molecule has 142 valence electrons. The lowest BCUT2D eigenvalue weighted by Crippen LogP contribution is -2.12. The van der Waals surface area contributed by atoms with Crippen LogP contribution in [0.2, 0.25) is 0 Å². The van der Waals surface area contributed by atoms with Crippen LogP contribution in [0.4, 0.5) is 5.00 Å². The van der Waals surface area contributed by atoms with Gasteiger partial charge in [0.2, 0.25) is 0 Å². The van der Waals surface area contributed by atoms with Gasteiger partial charge in [-0.3, -0.25) is 4.79 Å². The SMILES string of the molecule is COc1ccc(C(=O)Nc2sc(C(=O)OC(C)C)c(C)c2C#N)cc1OC. The van der Waals surface area contributed by atoms with Gasteiger partial charge in [-0.2, -0.15) is 5.26 Å². The van der Waals surface area contributed by atoms with Crippen molar-refractivity contribution >= 4 is 28.2 Å². The fourth-order valence-corrected chi connectivity index (χ4v) is 3.39. The van der Waals surface area contributed by atoms with Crippen molar-refractivity contribution in [3.8, 4) is 17.6 Å². The number of ether oxygens (including phenoxy) is 3. The molecule has 0 fully saturated rings. The van der Waals surface area contributed by atoms with Crippen molar-refractivity contribution in [3.05, 3.63) is 39.8 Å². The average Bonchev–Trinajstić information content (AvgIpc) is 2.95. The van der Waals surface area contributed by atoms with E-state index in [1.807, 2.05) is 6.07 Å². The van der Waals surface area contributed by atoms with E-state index in [9.17, 15) is 14.9 Å². The van der Waals surface area contributed by atoms with Crippen LogP contribution in [0.3, 0.4) is 0 Å². The van der Waals surface area contributed by atoms with E-state index in [0.29, 0.717) is 32.5 Å². The van der Waals surface area contributed by atoms with Gasteiger partial charge in [-0.05, 0) is 44.5 Å². The minimum absolute atomic E-state index is 0.240. The molecule has 0 saturated carbocycles. The molecular weight excluding hydrogens is 368 g/mol. The third kappa shape index (κ3) is 4.38. The van der Waals surface area contributed by atoms with Crippen molar-refractivity contribution in [1.82, 2.24) is 0 Å². The molecule has 2 rings (SSSR count). The standard InChI is InChI=1S/C19H20N2O5S/c1-10(2)26-19(23)16-11(3)13(9-20)18(27-16)21-17(22)12-6-7-14(24-4)15(8-12)25-5/h6-8,10H,1-5H3,(H,21,22). The van der Waals surface area contributed by atoms with Gasteiger partial charge in [0.15, 0.2) is 11.5 Å². The van der Waals surface area contributed by atoms with Gasteiger partial charge in [0.1, 0.15) is 15.9 Å². The molecule has 7 nitrogen and oxygen atoms in total. The molecule has 2 aromatic rings. The topological polar surface area (TPSA) is 97.6 Å². The zero-order valence-electron chi connectivity index (χ0n) is 15.7. The molecule has 1 amide bonds. The minimum Gasteiger partial charge on any atom is -0.493 e. The number of esters is 1. The number of carbonyl (C=O) groups excluding carboxylic acids is 2. The molecular formula is C19H20N2O5S. The number of nitriles is 1. The zero-order chi connectivity index (χ0) is 20.1. The fourth-order valence-electron chi connectivity index (χ4n) is 2.35. The molecule has 1 aromatic carbocycles. The van der Waals surface area contributed by atoms with Crippen LogP contribution in [0, 0.1) is 18.3 Å². The van der Waals surface area contributed by atoms with Gasteiger partial charge in [0, 0.05) is 5.56 Å². The molecule has 0 radical (unpaired) electrons. The number of anilines is 1. The Kier molecular flexibility index (Phi) is 6.42. The van der Waals surface area contributed by atoms with Gasteiger partial charge < -0.3 is 19.5 Å². The van der Waals surface area contributed by atoms with Crippen LogP contribution in [-0.4, -0.2) is 32.2 Å². The van der Waals surface area contributed by atoms with E-state index in [1.54, 1.807) is 32.9 Å². The monoisotopic (exact) mass is 388 g/mol. The van der Waals surface area contributed by atoms with E-state index in [-0.39, 0.29) is 11.7 Å². The van der Waals surface area contributed by atoms with E-state index >= 15 is 0 Å². The third-order valence-electron chi connectivity index (χ3n) is 3.66. The second-order valence-electron chi connectivity index (χ2n) is 5.85. The Bertz CT molecular complexity index is 912. The lowest BCUT2D eigenvalue weighted by atomic mass is 10.1. The predicted molar refractivity (Wildman–Crippen MR) is 102 cm³/mol. The number of hydrogen-bond acceptors (Lipinski definition) is 7. The highest BCUT2D eigenvalue weighted by Crippen LogP contribution is 2.34. The van der Waals surface area contributed by atoms with E-state index < -0.39 is 11.9 Å². The summed E-state index contributed by atoms with van der Waals surface area (Å²) in [6.45, 7) is 5.13. The van der Waals surface area contributed by atoms with Crippen molar-refractivity contribution in [2.75, 3.05) is 19.5 Å².